The molecule has 0 atom stereocenters. The summed E-state index contributed by atoms with van der Waals surface area (Å²) in [5, 5.41) is 11.3. The second-order valence-electron chi connectivity index (χ2n) is 5.91. The Kier molecular flexibility index (Phi) is 4.68. The number of rotatable bonds is 5. The fraction of sp³-hybridized carbons (Fsp3) is 0.150. The topological polar surface area (TPSA) is 52.8 Å². The summed E-state index contributed by atoms with van der Waals surface area (Å²) in [4.78, 5) is 4.65. The third-order valence-corrected chi connectivity index (χ3v) is 4.98. The maximum absolute atomic E-state index is 13.1. The van der Waals surface area contributed by atoms with Crippen LogP contribution in [-0.2, 0) is 0 Å². The first kappa shape index (κ1) is 17.4. The first-order valence-corrected chi connectivity index (χ1v) is 9.41. The van der Waals surface area contributed by atoms with E-state index >= 15 is 0 Å². The van der Waals surface area contributed by atoms with Crippen molar-refractivity contribution in [3.8, 4) is 33.4 Å². The van der Waals surface area contributed by atoms with Crippen molar-refractivity contribution >= 4 is 11.3 Å². The quantitative estimate of drug-likeness (QED) is 0.494. The molecule has 0 bridgehead atoms. The van der Waals surface area contributed by atoms with Gasteiger partial charge in [-0.15, -0.1) is 16.4 Å². The molecule has 0 aliphatic rings. The summed E-state index contributed by atoms with van der Waals surface area (Å²) in [6.07, 6.45) is 0. The van der Waals surface area contributed by atoms with Crippen molar-refractivity contribution in [2.45, 2.75) is 13.8 Å². The monoisotopic (exact) mass is 380 g/mol. The van der Waals surface area contributed by atoms with Gasteiger partial charge in [-0.05, 0) is 62.4 Å². The van der Waals surface area contributed by atoms with Gasteiger partial charge in [0.15, 0.2) is 0 Å². The molecule has 0 saturated heterocycles. The van der Waals surface area contributed by atoms with Crippen LogP contribution < -0.4 is 4.74 Å². The third kappa shape index (κ3) is 3.46. The summed E-state index contributed by atoms with van der Waals surface area (Å²) in [6, 6.07) is 14.0. The van der Waals surface area contributed by atoms with Crippen molar-refractivity contribution in [1.82, 2.24) is 20.0 Å². The Bertz CT molecular complexity index is 1050. The highest BCUT2D eigenvalue weighted by Gasteiger charge is 2.16. The lowest BCUT2D eigenvalue weighted by Crippen LogP contribution is -1.99. The number of hydrogen-bond acceptors (Lipinski definition) is 5. The number of benzene rings is 2. The molecule has 0 aliphatic carbocycles. The lowest BCUT2D eigenvalue weighted by Gasteiger charge is -2.06. The fourth-order valence-corrected chi connectivity index (χ4v) is 3.62. The second kappa shape index (κ2) is 7.28. The molecule has 0 N–H and O–H groups in total. The van der Waals surface area contributed by atoms with Crippen LogP contribution in [-0.4, -0.2) is 26.6 Å². The van der Waals surface area contributed by atoms with Gasteiger partial charge < -0.3 is 4.74 Å². The highest BCUT2D eigenvalue weighted by atomic mass is 32.1. The smallest absolute Gasteiger partial charge is 0.146 e. The molecule has 0 amide bonds. The predicted molar refractivity (Wildman–Crippen MR) is 104 cm³/mol. The van der Waals surface area contributed by atoms with Crippen LogP contribution in [0.4, 0.5) is 4.39 Å². The molecule has 0 aliphatic heterocycles. The Morgan fingerprint density at radius 2 is 1.81 bits per heavy atom. The number of hydrogen-bond donors (Lipinski definition) is 0. The summed E-state index contributed by atoms with van der Waals surface area (Å²) in [6.45, 7) is 4.55. The molecule has 5 nitrogen and oxygen atoms in total. The summed E-state index contributed by atoms with van der Waals surface area (Å²) in [7, 11) is 0. The van der Waals surface area contributed by atoms with E-state index < -0.39 is 0 Å². The summed E-state index contributed by atoms with van der Waals surface area (Å²) in [5.41, 5.74) is 4.21. The molecule has 2 heterocycles. The minimum absolute atomic E-state index is 0.261. The molecule has 136 valence electrons. The summed E-state index contributed by atoms with van der Waals surface area (Å²) >= 11 is 1.49. The van der Waals surface area contributed by atoms with Gasteiger partial charge >= 0.3 is 0 Å². The van der Waals surface area contributed by atoms with Crippen molar-refractivity contribution in [3.05, 3.63) is 65.4 Å². The van der Waals surface area contributed by atoms with Crippen molar-refractivity contribution < 1.29 is 9.13 Å². The predicted octanol–water partition coefficient (Wildman–Crippen LogP) is 4.90. The Hall–Kier alpha value is -3.06. The maximum atomic E-state index is 13.1. The third-order valence-electron chi connectivity index (χ3n) is 4.13. The highest BCUT2D eigenvalue weighted by molar-refractivity contribution is 7.13. The van der Waals surface area contributed by atoms with Crippen LogP contribution in [0.5, 0.6) is 5.75 Å². The Morgan fingerprint density at radius 3 is 2.52 bits per heavy atom. The first-order chi connectivity index (χ1) is 13.2. The zero-order chi connectivity index (χ0) is 18.8. The minimum Gasteiger partial charge on any atom is -0.494 e. The van der Waals surface area contributed by atoms with Crippen LogP contribution in [0, 0.1) is 12.7 Å². The van der Waals surface area contributed by atoms with E-state index in [0.717, 1.165) is 39.1 Å². The van der Waals surface area contributed by atoms with Crippen LogP contribution in [0.25, 0.3) is 27.6 Å². The van der Waals surface area contributed by atoms with Crippen LogP contribution >= 0.6 is 11.3 Å². The average Bonchev–Trinajstić information content (AvgIpc) is 3.30. The van der Waals surface area contributed by atoms with E-state index in [1.807, 2.05) is 43.5 Å². The van der Waals surface area contributed by atoms with E-state index in [4.69, 9.17) is 4.74 Å². The van der Waals surface area contributed by atoms with Crippen molar-refractivity contribution in [2.75, 3.05) is 6.61 Å². The normalized spacial score (nSPS) is 10.9. The second-order valence-corrected chi connectivity index (χ2v) is 6.77. The summed E-state index contributed by atoms with van der Waals surface area (Å²) in [5.74, 6) is 0.562. The van der Waals surface area contributed by atoms with Crippen molar-refractivity contribution in [2.24, 2.45) is 0 Å². The van der Waals surface area contributed by atoms with E-state index in [-0.39, 0.29) is 5.82 Å². The van der Waals surface area contributed by atoms with E-state index in [0.29, 0.717) is 6.61 Å². The van der Waals surface area contributed by atoms with Crippen LogP contribution in [0.15, 0.2) is 53.9 Å². The van der Waals surface area contributed by atoms with Gasteiger partial charge in [0.25, 0.3) is 0 Å². The van der Waals surface area contributed by atoms with Gasteiger partial charge in [0.2, 0.25) is 0 Å². The van der Waals surface area contributed by atoms with Gasteiger partial charge in [0.05, 0.1) is 23.7 Å². The maximum Gasteiger partial charge on any atom is 0.146 e. The largest absolute Gasteiger partial charge is 0.494 e. The van der Waals surface area contributed by atoms with Crippen LogP contribution in [0.3, 0.4) is 0 Å². The van der Waals surface area contributed by atoms with Crippen LogP contribution in [0.1, 0.15) is 12.6 Å². The minimum atomic E-state index is -0.261. The number of ether oxygens (including phenoxy) is 1. The SMILES string of the molecule is CCOc1ccc(-n2nnc(-c3nc(-c4ccc(F)cc4)cs3)c2C)cc1. The van der Waals surface area contributed by atoms with Crippen molar-refractivity contribution in [1.29, 1.82) is 0 Å². The molecule has 4 aromatic rings. The summed E-state index contributed by atoms with van der Waals surface area (Å²) < 4.78 is 20.4. The Labute approximate surface area is 160 Å². The van der Waals surface area contributed by atoms with Gasteiger partial charge in [0, 0.05) is 10.9 Å². The molecule has 0 fully saturated rings. The standard InChI is InChI=1S/C20H17FN4OS/c1-3-26-17-10-8-16(9-11-17)25-13(2)19(23-24-25)20-22-18(12-27-20)14-4-6-15(21)7-5-14/h4-12H,3H2,1-2H3. The molecule has 0 unspecified atom stereocenters. The molecule has 2 aromatic carbocycles. The average molecular weight is 380 g/mol. The molecule has 0 spiro atoms. The van der Waals surface area contributed by atoms with Gasteiger partial charge in [-0.25, -0.2) is 14.1 Å². The number of thiazole rings is 1. The molecule has 4 rings (SSSR count). The fourth-order valence-electron chi connectivity index (χ4n) is 2.76. The highest BCUT2D eigenvalue weighted by Crippen LogP contribution is 2.30. The van der Waals surface area contributed by atoms with E-state index in [9.17, 15) is 4.39 Å². The zero-order valence-corrected chi connectivity index (χ0v) is 15.7. The Morgan fingerprint density at radius 1 is 1.07 bits per heavy atom. The molecule has 27 heavy (non-hydrogen) atoms. The molecule has 0 saturated carbocycles. The lowest BCUT2D eigenvalue weighted by atomic mass is 10.2. The first-order valence-electron chi connectivity index (χ1n) is 8.53. The van der Waals surface area contributed by atoms with E-state index in [1.165, 1.54) is 23.5 Å². The van der Waals surface area contributed by atoms with Gasteiger partial charge in [0.1, 0.15) is 22.3 Å². The molecular weight excluding hydrogens is 363 g/mol. The van der Waals surface area contributed by atoms with Gasteiger partial charge in [-0.2, -0.15) is 0 Å². The molecular formula is C20H17FN4OS. The van der Waals surface area contributed by atoms with E-state index in [1.54, 1.807) is 16.8 Å². The van der Waals surface area contributed by atoms with E-state index in [2.05, 4.69) is 15.3 Å². The van der Waals surface area contributed by atoms with Gasteiger partial charge in [-0.3, -0.25) is 0 Å². The van der Waals surface area contributed by atoms with Gasteiger partial charge in [-0.1, -0.05) is 5.21 Å². The van der Waals surface area contributed by atoms with Crippen LogP contribution in [0.2, 0.25) is 0 Å². The Balaban J connectivity index is 1.63. The molecule has 7 heteroatoms. The number of halogens is 1. The number of nitrogens with zero attached hydrogens (tertiary/aromatic N) is 4. The number of aromatic nitrogens is 4. The molecule has 2 aromatic heterocycles. The lowest BCUT2D eigenvalue weighted by molar-refractivity contribution is 0.340. The zero-order valence-electron chi connectivity index (χ0n) is 14.9. The molecule has 0 radical (unpaired) electrons. The van der Waals surface area contributed by atoms with Crippen molar-refractivity contribution in [3.63, 3.8) is 0 Å².